The van der Waals surface area contributed by atoms with Crippen LogP contribution < -0.4 is 0 Å². The van der Waals surface area contributed by atoms with E-state index in [1.54, 1.807) is 6.92 Å². The van der Waals surface area contributed by atoms with Crippen molar-refractivity contribution in [1.29, 1.82) is 0 Å². The third-order valence-corrected chi connectivity index (χ3v) is 3.03. The maximum absolute atomic E-state index is 12.9. The molecule has 2 rings (SSSR count). The molecule has 1 aliphatic heterocycles. The summed E-state index contributed by atoms with van der Waals surface area (Å²) in [5.41, 5.74) is -2.41. The summed E-state index contributed by atoms with van der Waals surface area (Å²) in [5.74, 6) is -2.35. The Morgan fingerprint density at radius 3 is 2.70 bits per heavy atom. The number of aromatic nitrogens is 1. The summed E-state index contributed by atoms with van der Waals surface area (Å²) in [6.07, 6.45) is -3.62. The number of alkyl halides is 3. The van der Waals surface area contributed by atoms with E-state index in [0.717, 1.165) is 0 Å². The van der Waals surface area contributed by atoms with Crippen molar-refractivity contribution in [2.24, 2.45) is 0 Å². The highest BCUT2D eigenvalue weighted by Crippen LogP contribution is 2.39. The number of rotatable bonds is 3. The molecule has 20 heavy (non-hydrogen) atoms. The third kappa shape index (κ3) is 2.65. The smallest absolute Gasteiger partial charge is 0.437 e. The van der Waals surface area contributed by atoms with Gasteiger partial charge in [0.25, 0.3) is 0 Å². The number of ether oxygens (including phenoxy) is 2. The fraction of sp³-hybridized carbons (Fsp3) is 0.667. The van der Waals surface area contributed by atoms with Crippen LogP contribution in [0.3, 0.4) is 0 Å². The van der Waals surface area contributed by atoms with Gasteiger partial charge in [-0.15, -0.1) is 0 Å². The summed E-state index contributed by atoms with van der Waals surface area (Å²) in [5, 5.41) is 0. The van der Waals surface area contributed by atoms with Crippen LogP contribution in [0.25, 0.3) is 0 Å². The number of oxazole rings is 1. The van der Waals surface area contributed by atoms with Crippen LogP contribution in [0.15, 0.2) is 4.42 Å². The minimum Gasteiger partial charge on any atom is -0.460 e. The van der Waals surface area contributed by atoms with E-state index in [-0.39, 0.29) is 12.5 Å². The van der Waals surface area contributed by atoms with Crippen LogP contribution in [0.2, 0.25) is 0 Å². The van der Waals surface area contributed by atoms with Gasteiger partial charge >= 0.3 is 12.1 Å². The van der Waals surface area contributed by atoms with Gasteiger partial charge in [0.15, 0.2) is 5.69 Å². The second-order valence-corrected chi connectivity index (χ2v) is 4.60. The van der Waals surface area contributed by atoms with Crippen molar-refractivity contribution in [2.45, 2.75) is 38.5 Å². The molecule has 1 fully saturated rings. The first-order valence-corrected chi connectivity index (χ1v) is 6.17. The predicted molar refractivity (Wildman–Crippen MR) is 60.0 cm³/mol. The fourth-order valence-electron chi connectivity index (χ4n) is 2.02. The van der Waals surface area contributed by atoms with Crippen molar-refractivity contribution in [3.05, 3.63) is 17.3 Å². The topological polar surface area (TPSA) is 61.6 Å². The average Bonchev–Trinajstić information content (AvgIpc) is 2.95. The Labute approximate surface area is 113 Å². The Bertz CT molecular complexity index is 503. The molecule has 5 nitrogen and oxygen atoms in total. The molecule has 112 valence electrons. The van der Waals surface area contributed by atoms with Gasteiger partial charge in [-0.1, -0.05) is 0 Å². The molecule has 0 aliphatic carbocycles. The summed E-state index contributed by atoms with van der Waals surface area (Å²) in [7, 11) is 0. The molecule has 0 N–H and O–H groups in total. The molecule has 0 radical (unpaired) electrons. The minimum atomic E-state index is -4.79. The third-order valence-electron chi connectivity index (χ3n) is 3.03. The van der Waals surface area contributed by atoms with E-state index in [4.69, 9.17) is 9.15 Å². The van der Waals surface area contributed by atoms with Gasteiger partial charge in [-0.05, 0) is 26.7 Å². The SMILES string of the molecule is CCOC(=O)c1oc(C2(C)CCCO2)nc1C(F)(F)F. The lowest BCUT2D eigenvalue weighted by Gasteiger charge is -2.18. The van der Waals surface area contributed by atoms with Gasteiger partial charge in [-0.25, -0.2) is 9.78 Å². The van der Waals surface area contributed by atoms with Crippen LogP contribution in [0, 0.1) is 0 Å². The van der Waals surface area contributed by atoms with Crippen LogP contribution in [0.4, 0.5) is 13.2 Å². The van der Waals surface area contributed by atoms with E-state index >= 15 is 0 Å². The van der Waals surface area contributed by atoms with Crippen LogP contribution >= 0.6 is 0 Å². The zero-order chi connectivity index (χ0) is 15.0. The van der Waals surface area contributed by atoms with E-state index in [2.05, 4.69) is 9.72 Å². The minimum absolute atomic E-state index is 0.0556. The molecule has 1 atom stereocenters. The molecule has 1 aromatic rings. The Morgan fingerprint density at radius 1 is 1.50 bits per heavy atom. The second kappa shape index (κ2) is 5.08. The van der Waals surface area contributed by atoms with Gasteiger partial charge in [0.2, 0.25) is 11.7 Å². The molecule has 1 unspecified atom stereocenters. The average molecular weight is 293 g/mol. The van der Waals surface area contributed by atoms with Crippen molar-refractivity contribution in [2.75, 3.05) is 13.2 Å². The van der Waals surface area contributed by atoms with E-state index in [0.29, 0.717) is 19.4 Å². The van der Waals surface area contributed by atoms with Gasteiger partial charge in [-0.2, -0.15) is 13.2 Å². The standard InChI is InChI=1S/C12H14F3NO4/c1-3-18-9(17)7-8(12(13,14)15)16-10(20-7)11(2)5-4-6-19-11/h3-6H2,1-2H3. The van der Waals surface area contributed by atoms with Crippen LogP contribution in [0.1, 0.15) is 48.8 Å². The zero-order valence-corrected chi connectivity index (χ0v) is 11.0. The van der Waals surface area contributed by atoms with Gasteiger partial charge in [0, 0.05) is 6.61 Å². The normalized spacial score (nSPS) is 23.1. The number of carbonyl (C=O) groups is 1. The lowest BCUT2D eigenvalue weighted by molar-refractivity contribution is -0.142. The molecule has 0 aromatic carbocycles. The highest BCUT2D eigenvalue weighted by molar-refractivity contribution is 5.87. The fourth-order valence-corrected chi connectivity index (χ4v) is 2.02. The Morgan fingerprint density at radius 2 is 2.20 bits per heavy atom. The number of carbonyl (C=O) groups excluding carboxylic acids is 1. The van der Waals surface area contributed by atoms with Gasteiger partial charge < -0.3 is 13.9 Å². The first-order chi connectivity index (χ1) is 9.28. The summed E-state index contributed by atoms with van der Waals surface area (Å²) in [6, 6.07) is 0. The number of esters is 1. The summed E-state index contributed by atoms with van der Waals surface area (Å²) >= 11 is 0. The van der Waals surface area contributed by atoms with Crippen LogP contribution in [-0.4, -0.2) is 24.2 Å². The highest BCUT2D eigenvalue weighted by atomic mass is 19.4. The monoisotopic (exact) mass is 293 g/mol. The maximum atomic E-state index is 12.9. The van der Waals surface area contributed by atoms with Gasteiger partial charge in [-0.3, -0.25) is 0 Å². The Balaban J connectivity index is 2.44. The van der Waals surface area contributed by atoms with Crippen molar-refractivity contribution in [1.82, 2.24) is 4.98 Å². The van der Waals surface area contributed by atoms with E-state index in [1.807, 2.05) is 0 Å². The lowest BCUT2D eigenvalue weighted by Crippen LogP contribution is -2.20. The number of halogens is 3. The molecule has 0 amide bonds. The summed E-state index contributed by atoms with van der Waals surface area (Å²) in [6.45, 7) is 3.43. The number of nitrogens with zero attached hydrogens (tertiary/aromatic N) is 1. The highest BCUT2D eigenvalue weighted by Gasteiger charge is 2.45. The first kappa shape index (κ1) is 14.8. The Kier molecular flexibility index (Phi) is 3.77. The van der Waals surface area contributed by atoms with Gasteiger partial charge in [0.05, 0.1) is 6.61 Å². The summed E-state index contributed by atoms with van der Waals surface area (Å²) in [4.78, 5) is 15.0. The Hall–Kier alpha value is -1.57. The van der Waals surface area contributed by atoms with Crippen LogP contribution in [-0.2, 0) is 21.3 Å². The van der Waals surface area contributed by atoms with Gasteiger partial charge in [0.1, 0.15) is 5.60 Å². The molecule has 1 saturated heterocycles. The molecule has 8 heteroatoms. The zero-order valence-electron chi connectivity index (χ0n) is 11.0. The molecule has 0 saturated carbocycles. The molecule has 2 heterocycles. The summed E-state index contributed by atoms with van der Waals surface area (Å²) < 4.78 is 53.7. The molecule has 0 spiro atoms. The van der Waals surface area contributed by atoms with E-state index in [9.17, 15) is 18.0 Å². The largest absolute Gasteiger partial charge is 0.460 e. The van der Waals surface area contributed by atoms with Crippen molar-refractivity contribution >= 4 is 5.97 Å². The number of hydrogen-bond donors (Lipinski definition) is 0. The molecular weight excluding hydrogens is 279 g/mol. The molecule has 1 aliphatic rings. The lowest BCUT2D eigenvalue weighted by atomic mass is 10.0. The molecule has 0 bridgehead atoms. The maximum Gasteiger partial charge on any atom is 0.437 e. The van der Waals surface area contributed by atoms with E-state index in [1.165, 1.54) is 6.92 Å². The quantitative estimate of drug-likeness (QED) is 0.802. The van der Waals surface area contributed by atoms with Crippen LogP contribution in [0.5, 0.6) is 0 Å². The second-order valence-electron chi connectivity index (χ2n) is 4.60. The molecular formula is C12H14F3NO4. The van der Waals surface area contributed by atoms with Crippen molar-refractivity contribution in [3.63, 3.8) is 0 Å². The van der Waals surface area contributed by atoms with E-state index < -0.39 is 29.2 Å². The van der Waals surface area contributed by atoms with Crippen molar-refractivity contribution < 1.29 is 31.9 Å². The first-order valence-electron chi connectivity index (χ1n) is 6.17. The number of hydrogen-bond acceptors (Lipinski definition) is 5. The molecule has 1 aromatic heterocycles. The van der Waals surface area contributed by atoms with Crippen molar-refractivity contribution in [3.8, 4) is 0 Å². The predicted octanol–water partition coefficient (Wildman–Crippen LogP) is 2.90.